The van der Waals surface area contributed by atoms with Crippen molar-refractivity contribution in [2.24, 2.45) is 5.92 Å². The van der Waals surface area contributed by atoms with E-state index in [1.807, 2.05) is 13.0 Å². The van der Waals surface area contributed by atoms with Gasteiger partial charge in [0.2, 0.25) is 0 Å². The lowest BCUT2D eigenvalue weighted by Crippen LogP contribution is -2.18. The van der Waals surface area contributed by atoms with E-state index in [1.54, 1.807) is 13.0 Å². The van der Waals surface area contributed by atoms with Crippen LogP contribution in [0, 0.1) is 23.0 Å². The van der Waals surface area contributed by atoms with E-state index in [0.717, 1.165) is 18.5 Å². The Labute approximate surface area is 124 Å². The molecule has 21 heavy (non-hydrogen) atoms. The van der Waals surface area contributed by atoms with Gasteiger partial charge in [-0.15, -0.1) is 0 Å². The molecule has 0 aliphatic heterocycles. The van der Waals surface area contributed by atoms with Gasteiger partial charge in [0.1, 0.15) is 0 Å². The number of nitro groups is 1. The molecular formula is C15H22N2O4. The lowest BCUT2D eigenvalue weighted by molar-refractivity contribution is -0.385. The molecule has 6 heteroatoms. The summed E-state index contributed by atoms with van der Waals surface area (Å²) in [6, 6.07) is 5.08. The van der Waals surface area contributed by atoms with Crippen LogP contribution in [0.5, 0.6) is 0 Å². The van der Waals surface area contributed by atoms with E-state index >= 15 is 0 Å². The van der Waals surface area contributed by atoms with Crippen molar-refractivity contribution in [3.8, 4) is 0 Å². The fraction of sp³-hybridized carbons (Fsp3) is 0.533. The summed E-state index contributed by atoms with van der Waals surface area (Å²) in [5.74, 6) is -0.415. The fourth-order valence-electron chi connectivity index (χ4n) is 2.14. The van der Waals surface area contributed by atoms with Crippen molar-refractivity contribution in [1.29, 1.82) is 0 Å². The van der Waals surface area contributed by atoms with Gasteiger partial charge in [0.05, 0.1) is 4.92 Å². The molecule has 6 nitrogen and oxygen atoms in total. The maximum absolute atomic E-state index is 10.9. The van der Waals surface area contributed by atoms with E-state index in [-0.39, 0.29) is 17.0 Å². The van der Waals surface area contributed by atoms with Crippen LogP contribution in [0.15, 0.2) is 18.2 Å². The van der Waals surface area contributed by atoms with E-state index in [4.69, 9.17) is 5.11 Å². The third kappa shape index (κ3) is 5.91. The summed E-state index contributed by atoms with van der Waals surface area (Å²) in [6.07, 6.45) is 1.76. The largest absolute Gasteiger partial charge is 0.481 e. The highest BCUT2D eigenvalue weighted by Crippen LogP contribution is 2.20. The molecule has 116 valence electrons. The van der Waals surface area contributed by atoms with Crippen LogP contribution < -0.4 is 5.32 Å². The zero-order valence-electron chi connectivity index (χ0n) is 12.5. The number of aliphatic carboxylic acids is 1. The van der Waals surface area contributed by atoms with Gasteiger partial charge < -0.3 is 10.4 Å². The van der Waals surface area contributed by atoms with Crippen molar-refractivity contribution in [1.82, 2.24) is 5.32 Å². The van der Waals surface area contributed by atoms with Crippen molar-refractivity contribution in [3.05, 3.63) is 39.4 Å². The van der Waals surface area contributed by atoms with Gasteiger partial charge in [0.25, 0.3) is 5.69 Å². The third-order valence-corrected chi connectivity index (χ3v) is 3.59. The van der Waals surface area contributed by atoms with Crippen molar-refractivity contribution in [3.63, 3.8) is 0 Å². The highest BCUT2D eigenvalue weighted by molar-refractivity contribution is 5.66. The molecule has 0 fully saturated rings. The zero-order chi connectivity index (χ0) is 15.8. The lowest BCUT2D eigenvalue weighted by Gasteiger charge is -2.11. The first-order valence-corrected chi connectivity index (χ1v) is 7.07. The molecule has 0 heterocycles. The summed E-state index contributed by atoms with van der Waals surface area (Å²) in [5, 5.41) is 22.7. The zero-order valence-corrected chi connectivity index (χ0v) is 12.5. The number of hydrogen-bond donors (Lipinski definition) is 2. The molecule has 1 aromatic rings. The van der Waals surface area contributed by atoms with Crippen LogP contribution in [-0.4, -0.2) is 22.5 Å². The first-order valence-electron chi connectivity index (χ1n) is 7.07. The Kier molecular flexibility index (Phi) is 6.81. The van der Waals surface area contributed by atoms with E-state index in [0.29, 0.717) is 24.4 Å². The van der Waals surface area contributed by atoms with Crippen LogP contribution in [0.4, 0.5) is 5.69 Å². The minimum atomic E-state index is -0.762. The van der Waals surface area contributed by atoms with Gasteiger partial charge in [-0.3, -0.25) is 14.9 Å². The standard InChI is InChI=1S/C15H22N2O4/c1-11(6-7-15(18)19)8-9-16-10-13-4-3-5-14(12(13)2)17(20)21/h3-5,11,16H,6-10H2,1-2H3,(H,18,19). The first kappa shape index (κ1) is 17.1. The predicted molar refractivity (Wildman–Crippen MR) is 80.2 cm³/mol. The van der Waals surface area contributed by atoms with Crippen LogP contribution >= 0.6 is 0 Å². The molecule has 0 radical (unpaired) electrons. The van der Waals surface area contributed by atoms with Crippen molar-refractivity contribution in [2.75, 3.05) is 6.54 Å². The summed E-state index contributed by atoms with van der Waals surface area (Å²) in [4.78, 5) is 21.0. The molecule has 1 aromatic carbocycles. The third-order valence-electron chi connectivity index (χ3n) is 3.59. The Morgan fingerprint density at radius 2 is 2.14 bits per heavy atom. The second kappa shape index (κ2) is 8.36. The summed E-state index contributed by atoms with van der Waals surface area (Å²) >= 11 is 0. The average Bonchev–Trinajstić information content (AvgIpc) is 2.42. The second-order valence-corrected chi connectivity index (χ2v) is 5.32. The Hall–Kier alpha value is -1.95. The van der Waals surface area contributed by atoms with Gasteiger partial charge in [-0.05, 0) is 37.8 Å². The minimum absolute atomic E-state index is 0.143. The Balaban J connectivity index is 2.38. The minimum Gasteiger partial charge on any atom is -0.481 e. The van der Waals surface area contributed by atoms with Gasteiger partial charge >= 0.3 is 5.97 Å². The molecule has 0 aliphatic rings. The highest BCUT2D eigenvalue weighted by atomic mass is 16.6. The van der Waals surface area contributed by atoms with Crippen LogP contribution in [-0.2, 0) is 11.3 Å². The molecule has 0 spiro atoms. The van der Waals surface area contributed by atoms with Gasteiger partial charge in [-0.1, -0.05) is 19.1 Å². The maximum atomic E-state index is 10.9. The number of carboxylic acids is 1. The number of benzene rings is 1. The van der Waals surface area contributed by atoms with Crippen LogP contribution in [0.25, 0.3) is 0 Å². The Bertz CT molecular complexity index is 502. The molecule has 1 rings (SSSR count). The fourth-order valence-corrected chi connectivity index (χ4v) is 2.14. The van der Waals surface area contributed by atoms with Gasteiger partial charge in [-0.25, -0.2) is 0 Å². The van der Waals surface area contributed by atoms with Gasteiger partial charge in [-0.2, -0.15) is 0 Å². The Morgan fingerprint density at radius 3 is 2.76 bits per heavy atom. The highest BCUT2D eigenvalue weighted by Gasteiger charge is 2.12. The molecule has 0 aliphatic carbocycles. The second-order valence-electron chi connectivity index (χ2n) is 5.32. The number of nitrogens with one attached hydrogen (secondary N) is 1. The molecule has 2 N–H and O–H groups in total. The van der Waals surface area contributed by atoms with Gasteiger partial charge in [0, 0.05) is 24.6 Å². The topological polar surface area (TPSA) is 92.5 Å². The van der Waals surface area contributed by atoms with E-state index in [2.05, 4.69) is 5.32 Å². The lowest BCUT2D eigenvalue weighted by atomic mass is 10.0. The van der Waals surface area contributed by atoms with E-state index < -0.39 is 5.97 Å². The maximum Gasteiger partial charge on any atom is 0.303 e. The molecular weight excluding hydrogens is 272 g/mol. The van der Waals surface area contributed by atoms with Gasteiger partial charge in [0.15, 0.2) is 0 Å². The molecule has 0 saturated heterocycles. The summed E-state index contributed by atoms with van der Waals surface area (Å²) < 4.78 is 0. The van der Waals surface area contributed by atoms with Crippen LogP contribution in [0.1, 0.15) is 37.3 Å². The van der Waals surface area contributed by atoms with Crippen molar-refractivity contribution < 1.29 is 14.8 Å². The molecule has 0 bridgehead atoms. The normalized spacial score (nSPS) is 12.1. The average molecular weight is 294 g/mol. The summed E-state index contributed by atoms with van der Waals surface area (Å²) in [6.45, 7) is 5.13. The summed E-state index contributed by atoms with van der Waals surface area (Å²) in [5.41, 5.74) is 1.75. The monoisotopic (exact) mass is 294 g/mol. The molecule has 0 amide bonds. The number of carbonyl (C=O) groups is 1. The number of hydrogen-bond acceptors (Lipinski definition) is 4. The van der Waals surface area contributed by atoms with Crippen LogP contribution in [0.2, 0.25) is 0 Å². The summed E-state index contributed by atoms with van der Waals surface area (Å²) in [7, 11) is 0. The predicted octanol–water partition coefficient (Wildman–Crippen LogP) is 2.88. The van der Waals surface area contributed by atoms with Crippen molar-refractivity contribution in [2.45, 2.75) is 39.7 Å². The van der Waals surface area contributed by atoms with Crippen molar-refractivity contribution >= 4 is 11.7 Å². The van der Waals surface area contributed by atoms with Crippen LogP contribution in [0.3, 0.4) is 0 Å². The SMILES string of the molecule is Cc1c(CNCCC(C)CCC(=O)O)cccc1[N+](=O)[O-]. The molecule has 1 unspecified atom stereocenters. The number of carboxylic acid groups (broad SMARTS) is 1. The van der Waals surface area contributed by atoms with E-state index in [9.17, 15) is 14.9 Å². The number of rotatable bonds is 9. The molecule has 0 saturated carbocycles. The first-order chi connectivity index (χ1) is 9.91. The number of nitro benzene ring substituents is 1. The quantitative estimate of drug-likeness (QED) is 0.415. The number of nitrogens with zero attached hydrogens (tertiary/aromatic N) is 1. The van der Waals surface area contributed by atoms with E-state index in [1.165, 1.54) is 6.07 Å². The molecule has 0 aromatic heterocycles. The molecule has 1 atom stereocenters. The Morgan fingerprint density at radius 1 is 1.43 bits per heavy atom. The smallest absolute Gasteiger partial charge is 0.303 e.